The van der Waals surface area contributed by atoms with E-state index in [1.165, 1.54) is 24.9 Å². The summed E-state index contributed by atoms with van der Waals surface area (Å²) in [5.41, 5.74) is 5.33. The molecular weight excluding hydrogens is 322 g/mol. The largest absolute Gasteiger partial charge is 0.372 e. The van der Waals surface area contributed by atoms with Gasteiger partial charge in [-0.05, 0) is 55.7 Å². The summed E-state index contributed by atoms with van der Waals surface area (Å²) >= 11 is 0. The average molecular weight is 343 g/mol. The molecule has 5 nitrogen and oxygen atoms in total. The van der Waals surface area contributed by atoms with E-state index in [4.69, 9.17) is 4.98 Å². The van der Waals surface area contributed by atoms with Gasteiger partial charge in [0.25, 0.3) is 0 Å². The van der Waals surface area contributed by atoms with Crippen LogP contribution < -0.4 is 10.2 Å². The molecule has 26 heavy (non-hydrogen) atoms. The van der Waals surface area contributed by atoms with Gasteiger partial charge in [-0.2, -0.15) is 0 Å². The Balaban J connectivity index is 1.47. The van der Waals surface area contributed by atoms with Gasteiger partial charge in [0, 0.05) is 24.5 Å². The molecule has 2 aromatic carbocycles. The van der Waals surface area contributed by atoms with Crippen molar-refractivity contribution in [2.24, 2.45) is 0 Å². The predicted octanol–water partition coefficient (Wildman–Crippen LogP) is 4.62. The first kappa shape index (κ1) is 15.2. The van der Waals surface area contributed by atoms with Crippen molar-refractivity contribution < 1.29 is 0 Å². The Morgan fingerprint density at radius 3 is 2.50 bits per heavy atom. The molecule has 5 rings (SSSR count). The van der Waals surface area contributed by atoms with Gasteiger partial charge in [0.15, 0.2) is 5.82 Å². The lowest BCUT2D eigenvalue weighted by molar-refractivity contribution is 0.578. The molecule has 1 aliphatic rings. The second-order valence-corrected chi connectivity index (χ2v) is 6.82. The highest BCUT2D eigenvalue weighted by Gasteiger charge is 2.12. The van der Waals surface area contributed by atoms with E-state index in [1.54, 1.807) is 0 Å². The van der Waals surface area contributed by atoms with Crippen LogP contribution in [0.25, 0.3) is 16.6 Å². The summed E-state index contributed by atoms with van der Waals surface area (Å²) in [7, 11) is 0. The van der Waals surface area contributed by atoms with Gasteiger partial charge in [0.05, 0.1) is 23.6 Å². The Morgan fingerprint density at radius 2 is 1.65 bits per heavy atom. The lowest BCUT2D eigenvalue weighted by atomic mass is 10.1. The lowest BCUT2D eigenvalue weighted by Crippen LogP contribution is -2.29. The SMILES string of the molecule is c1ccc2c(c1)nc(Nc1ccc(N3CCCCC3)cc1)c1cncn12. The fourth-order valence-corrected chi connectivity index (χ4v) is 3.74. The van der Waals surface area contributed by atoms with E-state index >= 15 is 0 Å². The number of para-hydroxylation sites is 2. The van der Waals surface area contributed by atoms with E-state index in [9.17, 15) is 0 Å². The minimum Gasteiger partial charge on any atom is -0.372 e. The van der Waals surface area contributed by atoms with Gasteiger partial charge in [-0.3, -0.25) is 4.40 Å². The summed E-state index contributed by atoms with van der Waals surface area (Å²) in [5, 5.41) is 3.46. The number of piperidine rings is 1. The first-order chi connectivity index (χ1) is 12.9. The van der Waals surface area contributed by atoms with Crippen molar-refractivity contribution in [1.82, 2.24) is 14.4 Å². The Kier molecular flexibility index (Phi) is 3.70. The van der Waals surface area contributed by atoms with Crippen molar-refractivity contribution in [3.63, 3.8) is 0 Å². The summed E-state index contributed by atoms with van der Waals surface area (Å²) in [5.74, 6) is 0.826. The molecule has 0 radical (unpaired) electrons. The number of fused-ring (bicyclic) bond motifs is 3. The fourth-order valence-electron chi connectivity index (χ4n) is 3.74. The van der Waals surface area contributed by atoms with Crippen molar-refractivity contribution in [3.05, 3.63) is 61.1 Å². The second-order valence-electron chi connectivity index (χ2n) is 6.82. The number of aromatic nitrogens is 3. The molecule has 0 bridgehead atoms. The van der Waals surface area contributed by atoms with E-state index in [0.29, 0.717) is 0 Å². The number of imidazole rings is 1. The zero-order chi connectivity index (χ0) is 17.3. The zero-order valence-electron chi connectivity index (χ0n) is 14.6. The summed E-state index contributed by atoms with van der Waals surface area (Å²) in [6.45, 7) is 2.32. The molecule has 0 atom stereocenters. The van der Waals surface area contributed by atoms with Crippen molar-refractivity contribution in [3.8, 4) is 0 Å². The Bertz CT molecular complexity index is 1050. The number of anilines is 3. The number of benzene rings is 2. The Morgan fingerprint density at radius 1 is 0.846 bits per heavy atom. The van der Waals surface area contributed by atoms with E-state index in [-0.39, 0.29) is 0 Å². The molecule has 1 saturated heterocycles. The molecule has 1 aliphatic heterocycles. The highest BCUT2D eigenvalue weighted by Crippen LogP contribution is 2.26. The summed E-state index contributed by atoms with van der Waals surface area (Å²) in [6.07, 6.45) is 7.62. The van der Waals surface area contributed by atoms with Gasteiger partial charge in [-0.25, -0.2) is 9.97 Å². The first-order valence-corrected chi connectivity index (χ1v) is 9.21. The molecule has 0 amide bonds. The van der Waals surface area contributed by atoms with Crippen molar-refractivity contribution in [1.29, 1.82) is 0 Å². The standard InChI is InChI=1S/C21H21N5/c1-4-12-25(13-5-1)17-10-8-16(9-11-17)23-21-20-14-22-15-26(20)19-7-3-2-6-18(19)24-21/h2-3,6-11,14-15H,1,4-5,12-13H2,(H,23,24). The normalized spacial score (nSPS) is 14.8. The van der Waals surface area contributed by atoms with Crippen LogP contribution in [0.2, 0.25) is 0 Å². The van der Waals surface area contributed by atoms with Crippen LogP contribution in [0, 0.1) is 0 Å². The van der Waals surface area contributed by atoms with Gasteiger partial charge >= 0.3 is 0 Å². The van der Waals surface area contributed by atoms with Crippen LogP contribution in [-0.4, -0.2) is 27.5 Å². The third-order valence-electron chi connectivity index (χ3n) is 5.11. The van der Waals surface area contributed by atoms with Crippen LogP contribution in [0.5, 0.6) is 0 Å². The topological polar surface area (TPSA) is 45.5 Å². The summed E-state index contributed by atoms with van der Waals surface area (Å²) < 4.78 is 2.08. The first-order valence-electron chi connectivity index (χ1n) is 9.21. The van der Waals surface area contributed by atoms with Crippen LogP contribution in [0.15, 0.2) is 61.1 Å². The smallest absolute Gasteiger partial charge is 0.157 e. The summed E-state index contributed by atoms with van der Waals surface area (Å²) in [4.78, 5) is 11.6. The predicted molar refractivity (Wildman–Crippen MR) is 106 cm³/mol. The third-order valence-corrected chi connectivity index (χ3v) is 5.11. The van der Waals surface area contributed by atoms with Crippen LogP contribution in [-0.2, 0) is 0 Å². The summed E-state index contributed by atoms with van der Waals surface area (Å²) in [6, 6.07) is 16.8. The van der Waals surface area contributed by atoms with Crippen LogP contribution in [0.4, 0.5) is 17.2 Å². The highest BCUT2D eigenvalue weighted by molar-refractivity contribution is 5.85. The Hall–Kier alpha value is -3.08. The second kappa shape index (κ2) is 6.33. The van der Waals surface area contributed by atoms with Crippen molar-refractivity contribution in [2.45, 2.75) is 19.3 Å². The fraction of sp³-hybridized carbons (Fsp3) is 0.238. The van der Waals surface area contributed by atoms with Crippen LogP contribution >= 0.6 is 0 Å². The molecule has 130 valence electrons. The van der Waals surface area contributed by atoms with E-state index in [1.807, 2.05) is 30.7 Å². The molecule has 4 aromatic rings. The maximum Gasteiger partial charge on any atom is 0.157 e. The van der Waals surface area contributed by atoms with Crippen molar-refractivity contribution in [2.75, 3.05) is 23.3 Å². The molecular formula is C21H21N5. The minimum absolute atomic E-state index is 0.826. The van der Waals surface area contributed by atoms with E-state index in [0.717, 1.165) is 41.1 Å². The Labute approximate surface area is 152 Å². The maximum atomic E-state index is 4.80. The average Bonchev–Trinajstić information content (AvgIpc) is 3.20. The third kappa shape index (κ3) is 2.65. The number of hydrogen-bond acceptors (Lipinski definition) is 4. The highest BCUT2D eigenvalue weighted by atomic mass is 15.1. The zero-order valence-corrected chi connectivity index (χ0v) is 14.6. The number of hydrogen-bond donors (Lipinski definition) is 1. The van der Waals surface area contributed by atoms with E-state index in [2.05, 4.69) is 49.9 Å². The van der Waals surface area contributed by atoms with Gasteiger partial charge in [-0.1, -0.05) is 12.1 Å². The molecule has 5 heteroatoms. The van der Waals surface area contributed by atoms with E-state index < -0.39 is 0 Å². The molecule has 0 aliphatic carbocycles. The molecule has 1 N–H and O–H groups in total. The quantitative estimate of drug-likeness (QED) is 0.590. The molecule has 0 spiro atoms. The molecule has 1 fully saturated rings. The minimum atomic E-state index is 0.826. The molecule has 0 unspecified atom stereocenters. The number of nitrogens with one attached hydrogen (secondary N) is 1. The van der Waals surface area contributed by atoms with Crippen LogP contribution in [0.1, 0.15) is 19.3 Å². The number of rotatable bonds is 3. The monoisotopic (exact) mass is 343 g/mol. The number of nitrogens with zero attached hydrogens (tertiary/aromatic N) is 4. The molecule has 2 aromatic heterocycles. The van der Waals surface area contributed by atoms with Gasteiger partial charge in [0.2, 0.25) is 0 Å². The molecule has 0 saturated carbocycles. The van der Waals surface area contributed by atoms with Gasteiger partial charge in [0.1, 0.15) is 5.52 Å². The maximum absolute atomic E-state index is 4.80. The van der Waals surface area contributed by atoms with Gasteiger partial charge < -0.3 is 10.2 Å². The lowest BCUT2D eigenvalue weighted by Gasteiger charge is -2.28. The van der Waals surface area contributed by atoms with Gasteiger partial charge in [-0.15, -0.1) is 0 Å². The van der Waals surface area contributed by atoms with Crippen molar-refractivity contribution >= 4 is 33.7 Å². The van der Waals surface area contributed by atoms with Crippen LogP contribution in [0.3, 0.4) is 0 Å². The molecule has 3 heterocycles.